The van der Waals surface area contributed by atoms with E-state index in [9.17, 15) is 0 Å². The van der Waals surface area contributed by atoms with Gasteiger partial charge in [0.2, 0.25) is 0 Å². The van der Waals surface area contributed by atoms with Gasteiger partial charge >= 0.3 is 0 Å². The van der Waals surface area contributed by atoms with Gasteiger partial charge < -0.3 is 5.73 Å². The minimum absolute atomic E-state index is 0. The first-order chi connectivity index (χ1) is 7.36. The molecule has 0 spiro atoms. The molecule has 2 N–H and O–H groups in total. The molecule has 0 saturated heterocycles. The van der Waals surface area contributed by atoms with E-state index in [1.807, 2.05) is 24.3 Å². The summed E-state index contributed by atoms with van der Waals surface area (Å²) in [4.78, 5) is 0. The Morgan fingerprint density at radius 2 is 1.81 bits per heavy atom. The normalized spacial score (nSPS) is 10.2. The van der Waals surface area contributed by atoms with Gasteiger partial charge in [-0.15, -0.1) is 35.7 Å². The Kier molecular flexibility index (Phi) is 3.63. The topological polar surface area (TPSA) is 26.0 Å². The van der Waals surface area contributed by atoms with Gasteiger partial charge in [-0.05, 0) is 16.8 Å². The van der Waals surface area contributed by atoms with Crippen LogP contribution in [0.25, 0.3) is 21.5 Å². The van der Waals surface area contributed by atoms with Gasteiger partial charge in [-0.3, -0.25) is 0 Å². The van der Waals surface area contributed by atoms with E-state index in [2.05, 4.69) is 30.3 Å². The molecule has 0 atom stereocenters. The summed E-state index contributed by atoms with van der Waals surface area (Å²) in [5.74, 6) is 0. The van der Waals surface area contributed by atoms with Crippen LogP contribution >= 0.6 is 0 Å². The molecule has 1 nitrogen and oxygen atoms in total. The predicted octanol–water partition coefficient (Wildman–Crippen LogP) is 3.38. The molecule has 3 rings (SSSR count). The summed E-state index contributed by atoms with van der Waals surface area (Å²) >= 11 is 0. The van der Waals surface area contributed by atoms with Gasteiger partial charge in [-0.1, -0.05) is 23.6 Å². The summed E-state index contributed by atoms with van der Waals surface area (Å²) < 4.78 is 0. The Labute approximate surface area is 135 Å². The molecule has 0 aromatic heterocycles. The zero-order valence-corrected chi connectivity index (χ0v) is 11.0. The minimum atomic E-state index is 0. The van der Waals surface area contributed by atoms with Crippen molar-refractivity contribution < 1.29 is 49.4 Å². The number of hydrogen-bond acceptors (Lipinski definition) is 1. The first kappa shape index (κ1) is 12.0. The number of benzene rings is 3. The third kappa shape index (κ3) is 1.90. The maximum Gasteiger partial charge on any atom is 0.0305 e. The second-order valence-corrected chi connectivity index (χ2v) is 3.64. The maximum absolute atomic E-state index is 6.01. The van der Waals surface area contributed by atoms with Crippen LogP contribution in [0.4, 0.5) is 5.69 Å². The molecule has 1 radical (unpaired) electrons. The summed E-state index contributed by atoms with van der Waals surface area (Å²) in [6, 6.07) is 19.4. The van der Waals surface area contributed by atoms with E-state index < -0.39 is 0 Å². The van der Waals surface area contributed by atoms with Crippen LogP contribution in [-0.4, -0.2) is 0 Å². The molecule has 0 amide bonds. The third-order valence-electron chi connectivity index (χ3n) is 2.72. The van der Waals surface area contributed by atoms with Crippen LogP contribution in [0.15, 0.2) is 48.5 Å². The van der Waals surface area contributed by atoms with Crippen LogP contribution in [0, 0.1) is 55.4 Å². The van der Waals surface area contributed by atoms with E-state index in [4.69, 9.17) is 5.73 Å². The average Bonchev–Trinajstić information content (AvgIpc) is 2.29. The number of hydrogen-bond donors (Lipinski definition) is 1. The van der Waals surface area contributed by atoms with Gasteiger partial charge in [0.05, 0.1) is 0 Å². The van der Waals surface area contributed by atoms with E-state index in [0.29, 0.717) is 0 Å². The second kappa shape index (κ2) is 4.83. The van der Waals surface area contributed by atoms with Crippen LogP contribution < -0.4 is 5.73 Å². The van der Waals surface area contributed by atoms with E-state index in [1.165, 1.54) is 10.8 Å². The molecule has 0 aliphatic heterocycles. The van der Waals surface area contributed by atoms with Crippen molar-refractivity contribution in [2.45, 2.75) is 0 Å². The molecular formula is C14H10EuN-. The molecule has 0 heterocycles. The Morgan fingerprint density at radius 1 is 0.938 bits per heavy atom. The van der Waals surface area contributed by atoms with Crippen LogP contribution in [0.1, 0.15) is 0 Å². The fourth-order valence-electron chi connectivity index (χ4n) is 2.02. The van der Waals surface area contributed by atoms with E-state index in [1.54, 1.807) is 0 Å². The van der Waals surface area contributed by atoms with Crippen molar-refractivity contribution in [2.24, 2.45) is 0 Å². The van der Waals surface area contributed by atoms with Crippen LogP contribution in [-0.2, 0) is 0 Å². The smallest absolute Gasteiger partial charge is 0.0305 e. The van der Waals surface area contributed by atoms with Crippen molar-refractivity contribution in [1.82, 2.24) is 0 Å². The summed E-state index contributed by atoms with van der Waals surface area (Å²) in [5.41, 5.74) is 6.84. The van der Waals surface area contributed by atoms with Gasteiger partial charge in [0, 0.05) is 55.1 Å². The Bertz CT molecular complexity index is 646. The number of nitrogen functional groups attached to an aromatic ring is 1. The van der Waals surface area contributed by atoms with E-state index >= 15 is 0 Å². The molecular weight excluding hydrogens is 334 g/mol. The zero-order chi connectivity index (χ0) is 10.3. The maximum atomic E-state index is 6.01. The van der Waals surface area contributed by atoms with Gasteiger partial charge in [-0.2, -0.15) is 0 Å². The molecule has 0 saturated carbocycles. The fourth-order valence-corrected chi connectivity index (χ4v) is 2.02. The van der Waals surface area contributed by atoms with Crippen molar-refractivity contribution in [2.75, 3.05) is 5.73 Å². The van der Waals surface area contributed by atoms with E-state index in [-0.39, 0.29) is 49.4 Å². The van der Waals surface area contributed by atoms with Crippen molar-refractivity contribution >= 4 is 27.2 Å². The van der Waals surface area contributed by atoms with Gasteiger partial charge in [0.25, 0.3) is 0 Å². The van der Waals surface area contributed by atoms with Crippen molar-refractivity contribution in [1.29, 1.82) is 0 Å². The largest absolute Gasteiger partial charge is 0.399 e. The molecule has 0 aliphatic carbocycles. The summed E-state index contributed by atoms with van der Waals surface area (Å²) in [5, 5.41) is 4.60. The van der Waals surface area contributed by atoms with Crippen LogP contribution in [0.3, 0.4) is 0 Å². The summed E-state index contributed by atoms with van der Waals surface area (Å²) in [6.45, 7) is 0. The number of fused-ring (bicyclic) bond motifs is 3. The molecule has 16 heavy (non-hydrogen) atoms. The second-order valence-electron chi connectivity index (χ2n) is 3.64. The number of nitrogens with two attached hydrogens (primary N) is 1. The Hall–Kier alpha value is -0.436. The fraction of sp³-hybridized carbons (Fsp3) is 0. The average molecular weight is 344 g/mol. The van der Waals surface area contributed by atoms with Gasteiger partial charge in [0.1, 0.15) is 0 Å². The first-order valence-corrected chi connectivity index (χ1v) is 4.94. The van der Waals surface area contributed by atoms with Crippen LogP contribution in [0.5, 0.6) is 0 Å². The summed E-state index contributed by atoms with van der Waals surface area (Å²) in [6.07, 6.45) is 0. The quantitative estimate of drug-likeness (QED) is 0.378. The summed E-state index contributed by atoms with van der Waals surface area (Å²) in [7, 11) is 0. The molecule has 0 bridgehead atoms. The number of anilines is 1. The predicted molar refractivity (Wildman–Crippen MR) is 64.7 cm³/mol. The van der Waals surface area contributed by atoms with Gasteiger partial charge in [-0.25, -0.2) is 0 Å². The van der Waals surface area contributed by atoms with Gasteiger partial charge in [0.15, 0.2) is 0 Å². The molecule has 2 heteroatoms. The third-order valence-corrected chi connectivity index (χ3v) is 2.72. The molecule has 0 unspecified atom stereocenters. The molecule has 3 aromatic rings. The first-order valence-electron chi connectivity index (χ1n) is 4.94. The number of rotatable bonds is 0. The standard InChI is InChI=1S/C14H10N.Eu/c15-13-7-3-5-11-9-8-10-4-1-2-6-12(10)14(11)13;/h1-3,5-9H,15H2;/q-1;. The van der Waals surface area contributed by atoms with Crippen LogP contribution in [0.2, 0.25) is 0 Å². The van der Waals surface area contributed by atoms with Crippen molar-refractivity contribution in [3.05, 3.63) is 54.6 Å². The zero-order valence-electron chi connectivity index (χ0n) is 8.57. The molecule has 79 valence electrons. The monoisotopic (exact) mass is 345 g/mol. The molecule has 3 aromatic carbocycles. The molecule has 0 fully saturated rings. The Balaban J connectivity index is 0.000000963. The van der Waals surface area contributed by atoms with Crippen molar-refractivity contribution in [3.8, 4) is 0 Å². The Morgan fingerprint density at radius 3 is 2.69 bits per heavy atom. The van der Waals surface area contributed by atoms with Crippen molar-refractivity contribution in [3.63, 3.8) is 0 Å². The minimum Gasteiger partial charge on any atom is -0.399 e. The van der Waals surface area contributed by atoms with E-state index in [0.717, 1.165) is 16.5 Å². The molecule has 0 aliphatic rings. The SMILES string of the molecule is Nc1cccc2ccc3[c-]cccc3c12.[Eu].